The predicted molar refractivity (Wildman–Crippen MR) is 90.2 cm³/mol. The molecule has 0 radical (unpaired) electrons. The van der Waals surface area contributed by atoms with Gasteiger partial charge < -0.3 is 20.0 Å². The number of rotatable bonds is 9. The zero-order chi connectivity index (χ0) is 16.5. The van der Waals surface area contributed by atoms with Crippen molar-refractivity contribution < 1.29 is 14.6 Å². The van der Waals surface area contributed by atoms with Gasteiger partial charge in [0, 0.05) is 7.11 Å². The Morgan fingerprint density at radius 1 is 1.13 bits per heavy atom. The number of hydrogen-bond acceptors (Lipinski definition) is 4. The highest BCUT2D eigenvalue weighted by Crippen LogP contribution is 2.20. The van der Waals surface area contributed by atoms with Crippen LogP contribution in [0.25, 0.3) is 0 Å². The van der Waals surface area contributed by atoms with E-state index in [1.807, 2.05) is 42.5 Å². The number of aliphatic hydroxyl groups excluding tert-OH is 1. The summed E-state index contributed by atoms with van der Waals surface area (Å²) in [5.41, 5.74) is 3.00. The van der Waals surface area contributed by atoms with E-state index in [4.69, 9.17) is 4.74 Å². The molecule has 0 aliphatic heterocycles. The lowest BCUT2D eigenvalue weighted by molar-refractivity contribution is -0.116. The minimum absolute atomic E-state index is 0.00299. The summed E-state index contributed by atoms with van der Waals surface area (Å²) in [5.74, 6) is 0. The predicted octanol–water partition coefficient (Wildman–Crippen LogP) is 2.44. The Balaban J connectivity index is 2.00. The van der Waals surface area contributed by atoms with Gasteiger partial charge in [0.2, 0.25) is 0 Å². The van der Waals surface area contributed by atoms with Crippen molar-refractivity contribution in [2.75, 3.05) is 20.3 Å². The third-order valence-corrected chi connectivity index (χ3v) is 3.85. The standard InChI is InChI=1S/C19H23NO3/c1-23-19(14-22)17-9-5-8-16(12-17)18(13-21)20-11-10-15-6-3-2-4-7-15/h2-9,12,14,18-21H,10-11,13H2,1H3. The normalized spacial score (nSPS) is 13.5. The van der Waals surface area contributed by atoms with Gasteiger partial charge in [0.25, 0.3) is 0 Å². The monoisotopic (exact) mass is 313 g/mol. The first-order chi connectivity index (χ1) is 11.3. The van der Waals surface area contributed by atoms with E-state index < -0.39 is 6.10 Å². The van der Waals surface area contributed by atoms with Crippen LogP contribution < -0.4 is 5.32 Å². The number of nitrogens with one attached hydrogen (secondary N) is 1. The number of aldehydes is 1. The van der Waals surface area contributed by atoms with Gasteiger partial charge in [-0.2, -0.15) is 0 Å². The molecule has 2 atom stereocenters. The molecular formula is C19H23NO3. The van der Waals surface area contributed by atoms with Crippen LogP contribution in [0.4, 0.5) is 0 Å². The Bertz CT molecular complexity index is 601. The molecular weight excluding hydrogens is 290 g/mol. The lowest BCUT2D eigenvalue weighted by Crippen LogP contribution is -2.26. The summed E-state index contributed by atoms with van der Waals surface area (Å²) < 4.78 is 5.14. The highest BCUT2D eigenvalue weighted by Gasteiger charge is 2.14. The van der Waals surface area contributed by atoms with Crippen LogP contribution in [0.1, 0.15) is 28.8 Å². The lowest BCUT2D eigenvalue weighted by Gasteiger charge is -2.18. The first kappa shape index (κ1) is 17.3. The van der Waals surface area contributed by atoms with E-state index in [9.17, 15) is 9.90 Å². The fraction of sp³-hybridized carbons (Fsp3) is 0.316. The number of aliphatic hydroxyl groups is 1. The molecule has 0 saturated carbocycles. The summed E-state index contributed by atoms with van der Waals surface area (Å²) in [6.07, 6.45) is 1.10. The van der Waals surface area contributed by atoms with Gasteiger partial charge in [-0.3, -0.25) is 0 Å². The maximum absolute atomic E-state index is 11.0. The lowest BCUT2D eigenvalue weighted by atomic mass is 10.0. The number of benzene rings is 2. The fourth-order valence-electron chi connectivity index (χ4n) is 2.55. The van der Waals surface area contributed by atoms with Crippen molar-refractivity contribution in [2.24, 2.45) is 0 Å². The Morgan fingerprint density at radius 3 is 2.52 bits per heavy atom. The molecule has 0 fully saturated rings. The van der Waals surface area contributed by atoms with Crippen molar-refractivity contribution in [3.8, 4) is 0 Å². The van der Waals surface area contributed by atoms with E-state index >= 15 is 0 Å². The van der Waals surface area contributed by atoms with Crippen molar-refractivity contribution in [1.82, 2.24) is 5.32 Å². The topological polar surface area (TPSA) is 58.6 Å². The Hall–Kier alpha value is -2.01. The average Bonchev–Trinajstić information content (AvgIpc) is 2.61. The maximum Gasteiger partial charge on any atom is 0.153 e. The van der Waals surface area contributed by atoms with Crippen molar-refractivity contribution in [3.63, 3.8) is 0 Å². The van der Waals surface area contributed by atoms with Crippen LogP contribution in [0, 0.1) is 0 Å². The Labute approximate surface area is 137 Å². The molecule has 2 N–H and O–H groups in total. The second kappa shape index (κ2) is 9.20. The molecule has 0 amide bonds. The molecule has 2 unspecified atom stereocenters. The highest BCUT2D eigenvalue weighted by molar-refractivity contribution is 5.60. The Morgan fingerprint density at radius 2 is 1.87 bits per heavy atom. The number of hydrogen-bond donors (Lipinski definition) is 2. The zero-order valence-corrected chi connectivity index (χ0v) is 13.3. The fourth-order valence-corrected chi connectivity index (χ4v) is 2.55. The molecule has 4 nitrogen and oxygen atoms in total. The minimum atomic E-state index is -0.571. The van der Waals surface area contributed by atoms with Crippen LogP contribution in [0.5, 0.6) is 0 Å². The van der Waals surface area contributed by atoms with Crippen LogP contribution in [-0.4, -0.2) is 31.7 Å². The summed E-state index contributed by atoms with van der Waals surface area (Å²) in [5, 5.41) is 13.0. The van der Waals surface area contributed by atoms with Crippen molar-refractivity contribution in [3.05, 3.63) is 71.3 Å². The van der Waals surface area contributed by atoms with E-state index in [-0.39, 0.29) is 12.6 Å². The number of methoxy groups -OCH3 is 1. The van der Waals surface area contributed by atoms with Crippen LogP contribution in [-0.2, 0) is 16.0 Å². The van der Waals surface area contributed by atoms with Gasteiger partial charge in [-0.05, 0) is 29.7 Å². The molecule has 0 heterocycles. The molecule has 23 heavy (non-hydrogen) atoms. The molecule has 4 heteroatoms. The summed E-state index contributed by atoms with van der Waals surface area (Å²) in [4.78, 5) is 11.0. The molecule has 0 bridgehead atoms. The quantitative estimate of drug-likeness (QED) is 0.698. The van der Waals surface area contributed by atoms with Gasteiger partial charge in [0.1, 0.15) is 6.10 Å². The number of carbonyl (C=O) groups excluding carboxylic acids is 1. The Kier molecular flexibility index (Phi) is 6.94. The molecule has 2 aromatic carbocycles. The molecule has 0 aromatic heterocycles. The van der Waals surface area contributed by atoms with Gasteiger partial charge in [0.05, 0.1) is 12.6 Å². The van der Waals surface area contributed by atoms with E-state index in [1.54, 1.807) is 0 Å². The summed E-state index contributed by atoms with van der Waals surface area (Å²) >= 11 is 0. The van der Waals surface area contributed by atoms with Gasteiger partial charge in [-0.15, -0.1) is 0 Å². The molecule has 2 rings (SSSR count). The van der Waals surface area contributed by atoms with Crippen LogP contribution in [0.15, 0.2) is 54.6 Å². The second-order valence-corrected chi connectivity index (χ2v) is 5.39. The molecule has 0 saturated heterocycles. The van der Waals surface area contributed by atoms with E-state index in [0.29, 0.717) is 0 Å². The van der Waals surface area contributed by atoms with Crippen LogP contribution >= 0.6 is 0 Å². The summed E-state index contributed by atoms with van der Waals surface area (Å²) in [6.45, 7) is 0.762. The minimum Gasteiger partial charge on any atom is -0.394 e. The van der Waals surface area contributed by atoms with E-state index in [2.05, 4.69) is 17.4 Å². The maximum atomic E-state index is 11.0. The molecule has 122 valence electrons. The van der Waals surface area contributed by atoms with Crippen molar-refractivity contribution in [2.45, 2.75) is 18.6 Å². The third kappa shape index (κ3) is 4.99. The van der Waals surface area contributed by atoms with Gasteiger partial charge >= 0.3 is 0 Å². The smallest absolute Gasteiger partial charge is 0.153 e. The van der Waals surface area contributed by atoms with Crippen LogP contribution in [0.2, 0.25) is 0 Å². The molecule has 0 spiro atoms. The summed E-state index contributed by atoms with van der Waals surface area (Å²) in [6, 6.07) is 17.6. The number of carbonyl (C=O) groups is 1. The highest BCUT2D eigenvalue weighted by atomic mass is 16.5. The largest absolute Gasteiger partial charge is 0.394 e. The van der Waals surface area contributed by atoms with E-state index in [0.717, 1.165) is 30.4 Å². The number of ether oxygens (including phenoxy) is 1. The third-order valence-electron chi connectivity index (χ3n) is 3.85. The van der Waals surface area contributed by atoms with E-state index in [1.165, 1.54) is 12.7 Å². The van der Waals surface area contributed by atoms with Gasteiger partial charge in [-0.1, -0.05) is 54.6 Å². The average molecular weight is 313 g/mol. The SMILES string of the molecule is COC(C=O)c1cccc(C(CO)NCCc2ccccc2)c1. The first-order valence-corrected chi connectivity index (χ1v) is 7.74. The molecule has 0 aliphatic carbocycles. The first-order valence-electron chi connectivity index (χ1n) is 7.74. The van der Waals surface area contributed by atoms with Crippen LogP contribution in [0.3, 0.4) is 0 Å². The molecule has 2 aromatic rings. The second-order valence-electron chi connectivity index (χ2n) is 5.39. The van der Waals surface area contributed by atoms with Gasteiger partial charge in [0.15, 0.2) is 6.29 Å². The van der Waals surface area contributed by atoms with Crippen molar-refractivity contribution >= 4 is 6.29 Å². The van der Waals surface area contributed by atoms with Crippen molar-refractivity contribution in [1.29, 1.82) is 0 Å². The summed E-state index contributed by atoms with van der Waals surface area (Å²) in [7, 11) is 1.51. The van der Waals surface area contributed by atoms with Gasteiger partial charge in [-0.25, -0.2) is 0 Å². The molecule has 0 aliphatic rings. The zero-order valence-electron chi connectivity index (χ0n) is 13.3.